The summed E-state index contributed by atoms with van der Waals surface area (Å²) < 4.78 is 13.2. The third-order valence-corrected chi connectivity index (χ3v) is 4.01. The Bertz CT molecular complexity index is 412. The van der Waals surface area contributed by atoms with E-state index in [1.807, 2.05) is 6.07 Å². The molecule has 1 aliphatic heterocycles. The van der Waals surface area contributed by atoms with Gasteiger partial charge in [-0.15, -0.1) is 0 Å². The monoisotopic (exact) mass is 220 g/mol. The second-order valence-corrected chi connectivity index (χ2v) is 5.22. The average Bonchev–Trinajstić information content (AvgIpc) is 2.36. The van der Waals surface area contributed by atoms with Crippen molar-refractivity contribution in [3.63, 3.8) is 0 Å². The molecule has 3 heteroatoms. The first-order chi connectivity index (χ1) is 7.69. The fraction of sp³-hybridized carbons (Fsp3) is 0.538. The van der Waals surface area contributed by atoms with Crippen LogP contribution >= 0.6 is 0 Å². The first-order valence-corrected chi connectivity index (χ1v) is 5.93. The summed E-state index contributed by atoms with van der Waals surface area (Å²) in [5, 5.41) is 3.47. The lowest BCUT2D eigenvalue weighted by atomic mass is 9.68. The highest BCUT2D eigenvalue weighted by Crippen LogP contribution is 2.45. The van der Waals surface area contributed by atoms with E-state index in [-0.39, 0.29) is 5.82 Å². The molecule has 0 amide bonds. The van der Waals surface area contributed by atoms with Gasteiger partial charge in [0.15, 0.2) is 0 Å². The highest BCUT2D eigenvalue weighted by atomic mass is 19.1. The van der Waals surface area contributed by atoms with Gasteiger partial charge in [-0.05, 0) is 31.0 Å². The fourth-order valence-corrected chi connectivity index (χ4v) is 2.91. The number of hydrogen-bond donors (Lipinski definition) is 1. The highest BCUT2D eigenvalue weighted by Gasteiger charge is 2.39. The third-order valence-electron chi connectivity index (χ3n) is 4.01. The minimum atomic E-state index is -0.156. The first-order valence-electron chi connectivity index (χ1n) is 5.93. The maximum Gasteiger partial charge on any atom is 0.125 e. The van der Waals surface area contributed by atoms with Crippen molar-refractivity contribution in [2.75, 3.05) is 30.4 Å². The van der Waals surface area contributed by atoms with Gasteiger partial charge in [0.25, 0.3) is 0 Å². The number of nitrogens with one attached hydrogen (secondary N) is 1. The van der Waals surface area contributed by atoms with E-state index in [1.165, 1.54) is 25.3 Å². The molecule has 2 nitrogen and oxygen atoms in total. The summed E-state index contributed by atoms with van der Waals surface area (Å²) in [6.07, 6.45) is 3.92. The van der Waals surface area contributed by atoms with E-state index in [9.17, 15) is 4.39 Å². The van der Waals surface area contributed by atoms with Gasteiger partial charge >= 0.3 is 0 Å². The molecule has 1 aliphatic carbocycles. The number of hydrogen-bond acceptors (Lipinski definition) is 2. The number of nitrogens with zero attached hydrogens (tertiary/aromatic N) is 1. The van der Waals surface area contributed by atoms with Gasteiger partial charge in [0.1, 0.15) is 5.82 Å². The van der Waals surface area contributed by atoms with Crippen LogP contribution in [0.2, 0.25) is 0 Å². The van der Waals surface area contributed by atoms with Gasteiger partial charge in [-0.1, -0.05) is 6.42 Å². The Morgan fingerprint density at radius 3 is 2.88 bits per heavy atom. The van der Waals surface area contributed by atoms with E-state index in [1.54, 1.807) is 6.07 Å². The van der Waals surface area contributed by atoms with Gasteiger partial charge in [-0.3, -0.25) is 0 Å². The van der Waals surface area contributed by atoms with Gasteiger partial charge in [-0.25, -0.2) is 4.39 Å². The fourth-order valence-electron chi connectivity index (χ4n) is 2.91. The van der Waals surface area contributed by atoms with Crippen LogP contribution < -0.4 is 10.2 Å². The maximum absolute atomic E-state index is 13.2. The molecular weight excluding hydrogens is 203 g/mol. The van der Waals surface area contributed by atoms with Crippen molar-refractivity contribution in [3.8, 4) is 0 Å². The lowest BCUT2D eigenvalue weighted by Gasteiger charge is -2.43. The summed E-state index contributed by atoms with van der Waals surface area (Å²) in [6.45, 7) is 2.06. The van der Waals surface area contributed by atoms with Gasteiger partial charge < -0.3 is 10.2 Å². The molecule has 1 spiro atoms. The predicted molar refractivity (Wildman–Crippen MR) is 64.4 cm³/mol. The Balaban J connectivity index is 1.95. The van der Waals surface area contributed by atoms with Crippen LogP contribution in [-0.4, -0.2) is 20.1 Å². The quantitative estimate of drug-likeness (QED) is 0.723. The largest absolute Gasteiger partial charge is 0.383 e. The van der Waals surface area contributed by atoms with E-state index in [4.69, 9.17) is 0 Å². The van der Waals surface area contributed by atoms with Crippen LogP contribution in [0.1, 0.15) is 19.3 Å². The van der Waals surface area contributed by atoms with E-state index in [2.05, 4.69) is 17.3 Å². The minimum absolute atomic E-state index is 0.156. The van der Waals surface area contributed by atoms with Crippen molar-refractivity contribution in [1.29, 1.82) is 0 Å². The van der Waals surface area contributed by atoms with Crippen molar-refractivity contribution in [3.05, 3.63) is 24.0 Å². The summed E-state index contributed by atoms with van der Waals surface area (Å²) in [6, 6.07) is 5.00. The third kappa shape index (κ3) is 1.46. The van der Waals surface area contributed by atoms with Crippen LogP contribution in [-0.2, 0) is 0 Å². The smallest absolute Gasteiger partial charge is 0.125 e. The van der Waals surface area contributed by atoms with Crippen molar-refractivity contribution in [2.24, 2.45) is 5.41 Å². The Hall–Kier alpha value is -1.25. The van der Waals surface area contributed by atoms with E-state index in [0.29, 0.717) is 5.41 Å². The summed E-state index contributed by atoms with van der Waals surface area (Å²) in [4.78, 5) is 2.19. The second kappa shape index (κ2) is 3.37. The first kappa shape index (κ1) is 9.94. The zero-order valence-electron chi connectivity index (χ0n) is 9.59. The van der Waals surface area contributed by atoms with Gasteiger partial charge in [0.2, 0.25) is 0 Å². The molecule has 0 bridgehead atoms. The van der Waals surface area contributed by atoms with Crippen LogP contribution in [0.15, 0.2) is 18.2 Å². The number of fused-ring (bicyclic) bond motifs is 1. The van der Waals surface area contributed by atoms with Gasteiger partial charge in [-0.2, -0.15) is 0 Å². The molecule has 1 fully saturated rings. The molecule has 1 heterocycles. The molecule has 0 unspecified atom stereocenters. The van der Waals surface area contributed by atoms with Gasteiger partial charge in [0.05, 0.1) is 11.4 Å². The molecule has 2 aliphatic rings. The summed E-state index contributed by atoms with van der Waals surface area (Å²) in [7, 11) is 2.06. The van der Waals surface area contributed by atoms with Crippen LogP contribution in [0.4, 0.5) is 15.8 Å². The van der Waals surface area contributed by atoms with Crippen LogP contribution in [0, 0.1) is 11.2 Å². The Morgan fingerprint density at radius 1 is 1.38 bits per heavy atom. The number of anilines is 2. The molecule has 1 aromatic carbocycles. The van der Waals surface area contributed by atoms with Gasteiger partial charge in [0, 0.05) is 25.6 Å². The van der Waals surface area contributed by atoms with Crippen molar-refractivity contribution < 1.29 is 4.39 Å². The van der Waals surface area contributed by atoms with E-state index in [0.717, 1.165) is 24.5 Å². The highest BCUT2D eigenvalue weighted by molar-refractivity contribution is 5.71. The summed E-state index contributed by atoms with van der Waals surface area (Å²) in [5.41, 5.74) is 2.47. The molecule has 0 aromatic heterocycles. The molecule has 0 saturated heterocycles. The van der Waals surface area contributed by atoms with Crippen LogP contribution in [0.3, 0.4) is 0 Å². The Labute approximate surface area is 95.4 Å². The molecule has 86 valence electrons. The molecule has 1 saturated carbocycles. The lowest BCUT2D eigenvalue weighted by Crippen LogP contribution is -2.43. The minimum Gasteiger partial charge on any atom is -0.383 e. The molecular formula is C13H17FN2. The zero-order chi connectivity index (χ0) is 11.2. The number of halogens is 1. The molecule has 1 N–H and O–H groups in total. The van der Waals surface area contributed by atoms with E-state index >= 15 is 0 Å². The molecule has 3 rings (SSSR count). The predicted octanol–water partition coefficient (Wildman–Crippen LogP) is 2.86. The average molecular weight is 220 g/mol. The van der Waals surface area contributed by atoms with Crippen molar-refractivity contribution >= 4 is 11.4 Å². The standard InChI is InChI=1S/C13H17FN2/c1-16-9-13(5-2-6-13)8-15-11-4-3-10(14)7-12(11)16/h3-4,7,15H,2,5-6,8-9H2,1H3. The molecule has 0 radical (unpaired) electrons. The topological polar surface area (TPSA) is 15.3 Å². The molecule has 16 heavy (non-hydrogen) atoms. The number of benzene rings is 1. The Kier molecular flexibility index (Phi) is 2.09. The summed E-state index contributed by atoms with van der Waals surface area (Å²) >= 11 is 0. The van der Waals surface area contributed by atoms with E-state index < -0.39 is 0 Å². The lowest BCUT2D eigenvalue weighted by molar-refractivity contribution is 0.162. The molecule has 1 aromatic rings. The van der Waals surface area contributed by atoms with Crippen molar-refractivity contribution in [2.45, 2.75) is 19.3 Å². The zero-order valence-corrected chi connectivity index (χ0v) is 9.59. The maximum atomic E-state index is 13.2. The van der Waals surface area contributed by atoms with Crippen molar-refractivity contribution in [1.82, 2.24) is 0 Å². The van der Waals surface area contributed by atoms with Crippen LogP contribution in [0.25, 0.3) is 0 Å². The Morgan fingerprint density at radius 2 is 2.19 bits per heavy atom. The van der Waals surface area contributed by atoms with Crippen LogP contribution in [0.5, 0.6) is 0 Å². The normalized spacial score (nSPS) is 22.0. The SMILES string of the molecule is CN1CC2(CCC2)CNc2ccc(F)cc21. The second-order valence-electron chi connectivity index (χ2n) is 5.22. The molecule has 0 atom stereocenters. The number of rotatable bonds is 0. The summed E-state index contributed by atoms with van der Waals surface area (Å²) in [5.74, 6) is -0.156.